The largest absolute Gasteiger partial charge is 0.493 e. The second kappa shape index (κ2) is 9.82. The molecule has 0 aliphatic carbocycles. The lowest BCUT2D eigenvalue weighted by Crippen LogP contribution is -2.29. The van der Waals surface area contributed by atoms with Gasteiger partial charge in [-0.15, -0.1) is 11.3 Å². The Balaban J connectivity index is 1.61. The van der Waals surface area contributed by atoms with Crippen LogP contribution in [0.5, 0.6) is 11.5 Å². The normalized spacial score (nSPS) is 13.9. The van der Waals surface area contributed by atoms with E-state index in [0.717, 1.165) is 31.5 Å². The number of methoxy groups -OCH3 is 2. The maximum Gasteiger partial charge on any atom is 0.279 e. The van der Waals surface area contributed by atoms with Crippen LogP contribution >= 0.6 is 11.3 Å². The molecule has 0 radical (unpaired) electrons. The topological polar surface area (TPSA) is 73.1 Å². The van der Waals surface area contributed by atoms with Crippen LogP contribution in [-0.2, 0) is 6.54 Å². The second-order valence-electron chi connectivity index (χ2n) is 7.46. The van der Waals surface area contributed by atoms with Crippen molar-refractivity contribution in [1.82, 2.24) is 9.47 Å². The standard InChI is InChI=1S/C24H25N3O4S/c1-30-20-10-9-17(15-21(20)31-2)22(28)25-24-27(13-14-32-24)16-18-7-3-4-8-19(18)23(29)26-11-5-6-12-26/h3-4,7-10,13-15H,5-6,11-12,16H2,1-2H3. The fraction of sp³-hybridized carbons (Fsp3) is 0.292. The van der Waals surface area contributed by atoms with Crippen LogP contribution in [-0.4, -0.2) is 48.6 Å². The quantitative estimate of drug-likeness (QED) is 0.574. The molecule has 0 unspecified atom stereocenters. The summed E-state index contributed by atoms with van der Waals surface area (Å²) in [5.74, 6) is 0.717. The first-order chi connectivity index (χ1) is 15.6. The summed E-state index contributed by atoms with van der Waals surface area (Å²) in [6, 6.07) is 12.6. The first-order valence-electron chi connectivity index (χ1n) is 10.4. The van der Waals surface area contributed by atoms with Gasteiger partial charge in [-0.3, -0.25) is 9.59 Å². The zero-order chi connectivity index (χ0) is 22.5. The Kier molecular flexibility index (Phi) is 6.70. The van der Waals surface area contributed by atoms with Gasteiger partial charge < -0.3 is 18.9 Å². The monoisotopic (exact) mass is 451 g/mol. The average molecular weight is 452 g/mol. The molecule has 0 N–H and O–H groups in total. The van der Waals surface area contributed by atoms with Crippen molar-refractivity contribution in [3.63, 3.8) is 0 Å². The number of rotatable bonds is 6. The number of hydrogen-bond acceptors (Lipinski definition) is 5. The van der Waals surface area contributed by atoms with Crippen molar-refractivity contribution >= 4 is 23.2 Å². The lowest BCUT2D eigenvalue weighted by Gasteiger charge is -2.17. The fourth-order valence-corrected chi connectivity index (χ4v) is 4.49. The Hall–Kier alpha value is -3.39. The third kappa shape index (κ3) is 4.60. The van der Waals surface area contributed by atoms with Gasteiger partial charge in [0.15, 0.2) is 16.3 Å². The van der Waals surface area contributed by atoms with Crippen molar-refractivity contribution in [2.24, 2.45) is 4.99 Å². The number of likely N-dealkylation sites (tertiary alicyclic amines) is 1. The number of hydrogen-bond donors (Lipinski definition) is 0. The molecule has 32 heavy (non-hydrogen) atoms. The first kappa shape index (κ1) is 21.8. The van der Waals surface area contributed by atoms with Gasteiger partial charge in [0.2, 0.25) is 0 Å². The van der Waals surface area contributed by atoms with Gasteiger partial charge >= 0.3 is 0 Å². The Bertz CT molecular complexity index is 1190. The van der Waals surface area contributed by atoms with E-state index < -0.39 is 0 Å². The van der Waals surface area contributed by atoms with E-state index >= 15 is 0 Å². The molecule has 166 valence electrons. The molecule has 0 bridgehead atoms. The molecule has 0 atom stereocenters. The molecule has 7 nitrogen and oxygen atoms in total. The highest BCUT2D eigenvalue weighted by Gasteiger charge is 2.21. The molecule has 1 aliphatic rings. The number of thiazole rings is 1. The van der Waals surface area contributed by atoms with E-state index in [4.69, 9.17) is 9.47 Å². The summed E-state index contributed by atoms with van der Waals surface area (Å²) in [5.41, 5.74) is 2.01. The molecule has 8 heteroatoms. The third-order valence-electron chi connectivity index (χ3n) is 5.47. The van der Waals surface area contributed by atoms with Crippen molar-refractivity contribution in [3.8, 4) is 11.5 Å². The number of ether oxygens (including phenoxy) is 2. The molecule has 0 spiro atoms. The number of amides is 2. The number of carbonyl (C=O) groups excluding carboxylic acids is 2. The smallest absolute Gasteiger partial charge is 0.279 e. The van der Waals surface area contributed by atoms with Gasteiger partial charge in [0.25, 0.3) is 11.8 Å². The third-order valence-corrected chi connectivity index (χ3v) is 6.26. The zero-order valence-electron chi connectivity index (χ0n) is 18.1. The minimum absolute atomic E-state index is 0.0637. The van der Waals surface area contributed by atoms with Gasteiger partial charge in [0.1, 0.15) is 0 Å². The summed E-state index contributed by atoms with van der Waals surface area (Å²) in [6.45, 7) is 2.07. The first-order valence-corrected chi connectivity index (χ1v) is 11.3. The summed E-state index contributed by atoms with van der Waals surface area (Å²) >= 11 is 1.37. The van der Waals surface area contributed by atoms with Crippen LogP contribution in [0.2, 0.25) is 0 Å². The number of aromatic nitrogens is 1. The summed E-state index contributed by atoms with van der Waals surface area (Å²) in [6.07, 6.45) is 3.98. The summed E-state index contributed by atoms with van der Waals surface area (Å²) < 4.78 is 12.4. The zero-order valence-corrected chi connectivity index (χ0v) is 18.9. The molecule has 1 saturated heterocycles. The van der Waals surface area contributed by atoms with Crippen LogP contribution in [0, 0.1) is 0 Å². The van der Waals surface area contributed by atoms with E-state index in [1.54, 1.807) is 25.3 Å². The molecule has 4 rings (SSSR count). The molecule has 1 aromatic heterocycles. The van der Waals surface area contributed by atoms with E-state index in [9.17, 15) is 9.59 Å². The Morgan fingerprint density at radius 3 is 2.53 bits per heavy atom. The van der Waals surface area contributed by atoms with Gasteiger partial charge in [-0.2, -0.15) is 4.99 Å². The molecular formula is C24H25N3O4S. The maximum atomic E-state index is 13.0. The number of nitrogens with zero attached hydrogens (tertiary/aromatic N) is 3. The van der Waals surface area contributed by atoms with E-state index in [2.05, 4.69) is 4.99 Å². The van der Waals surface area contributed by atoms with Crippen LogP contribution in [0.1, 0.15) is 39.1 Å². The molecule has 1 aliphatic heterocycles. The summed E-state index contributed by atoms with van der Waals surface area (Å²) in [5, 5.41) is 1.88. The van der Waals surface area contributed by atoms with Gasteiger partial charge in [0, 0.05) is 35.8 Å². The van der Waals surface area contributed by atoms with Crippen molar-refractivity contribution < 1.29 is 19.1 Å². The maximum absolute atomic E-state index is 13.0. The Morgan fingerprint density at radius 1 is 1.03 bits per heavy atom. The predicted molar refractivity (Wildman–Crippen MR) is 122 cm³/mol. The Morgan fingerprint density at radius 2 is 1.78 bits per heavy atom. The molecule has 0 saturated carbocycles. The van der Waals surface area contributed by atoms with Crippen LogP contribution in [0.25, 0.3) is 0 Å². The molecular weight excluding hydrogens is 426 g/mol. The van der Waals surface area contributed by atoms with Gasteiger partial charge in [-0.05, 0) is 42.7 Å². The van der Waals surface area contributed by atoms with Gasteiger partial charge in [-0.25, -0.2) is 0 Å². The van der Waals surface area contributed by atoms with Crippen molar-refractivity contribution in [3.05, 3.63) is 75.5 Å². The lowest BCUT2D eigenvalue weighted by molar-refractivity contribution is 0.0791. The average Bonchev–Trinajstić information content (AvgIpc) is 3.51. The van der Waals surface area contributed by atoms with E-state index in [0.29, 0.717) is 34.0 Å². The van der Waals surface area contributed by atoms with Crippen LogP contribution < -0.4 is 14.3 Å². The van der Waals surface area contributed by atoms with Crippen molar-refractivity contribution in [2.45, 2.75) is 19.4 Å². The highest BCUT2D eigenvalue weighted by atomic mass is 32.1. The van der Waals surface area contributed by atoms with E-state index in [1.165, 1.54) is 18.4 Å². The van der Waals surface area contributed by atoms with E-state index in [1.807, 2.05) is 45.3 Å². The SMILES string of the molecule is COc1ccc(C(=O)N=c2sccn2Cc2ccccc2C(=O)N2CCCC2)cc1OC. The molecule has 2 amide bonds. The predicted octanol–water partition coefficient (Wildman–Crippen LogP) is 3.59. The highest BCUT2D eigenvalue weighted by Crippen LogP contribution is 2.27. The van der Waals surface area contributed by atoms with Gasteiger partial charge in [-0.1, -0.05) is 18.2 Å². The van der Waals surface area contributed by atoms with Crippen molar-refractivity contribution in [2.75, 3.05) is 27.3 Å². The lowest BCUT2D eigenvalue weighted by atomic mass is 10.1. The van der Waals surface area contributed by atoms with Crippen molar-refractivity contribution in [1.29, 1.82) is 0 Å². The van der Waals surface area contributed by atoms with Crippen LogP contribution in [0.3, 0.4) is 0 Å². The minimum Gasteiger partial charge on any atom is -0.493 e. The second-order valence-corrected chi connectivity index (χ2v) is 8.33. The highest BCUT2D eigenvalue weighted by molar-refractivity contribution is 7.07. The summed E-state index contributed by atoms with van der Waals surface area (Å²) in [4.78, 5) is 32.6. The summed E-state index contributed by atoms with van der Waals surface area (Å²) in [7, 11) is 3.07. The minimum atomic E-state index is -0.372. The van der Waals surface area contributed by atoms with Crippen LogP contribution in [0.4, 0.5) is 0 Å². The van der Waals surface area contributed by atoms with Gasteiger partial charge in [0.05, 0.1) is 20.8 Å². The number of carbonyl (C=O) groups is 2. The molecule has 2 aromatic carbocycles. The number of benzene rings is 2. The molecule has 2 heterocycles. The fourth-order valence-electron chi connectivity index (χ4n) is 3.77. The Labute approximate surface area is 190 Å². The molecule has 3 aromatic rings. The van der Waals surface area contributed by atoms with E-state index in [-0.39, 0.29) is 11.8 Å². The van der Waals surface area contributed by atoms with Crippen LogP contribution in [0.15, 0.2) is 59.0 Å². The molecule has 1 fully saturated rings.